The number of halogens is 1. The minimum Gasteiger partial charge on any atom is -0.496 e. The monoisotopic (exact) mass is 275 g/mol. The summed E-state index contributed by atoms with van der Waals surface area (Å²) in [6.07, 6.45) is 3.03. The molecule has 2 N–H and O–H groups in total. The van der Waals surface area contributed by atoms with Crippen molar-refractivity contribution in [2.45, 2.75) is 19.3 Å². The third-order valence-electron chi connectivity index (χ3n) is 3.37. The van der Waals surface area contributed by atoms with Crippen molar-refractivity contribution in [1.29, 1.82) is 0 Å². The van der Waals surface area contributed by atoms with Crippen LogP contribution in [0.1, 0.15) is 17.7 Å². The summed E-state index contributed by atoms with van der Waals surface area (Å²) in [5, 5.41) is 0.620. The summed E-state index contributed by atoms with van der Waals surface area (Å²) in [5.74, 6) is 1.84. The van der Waals surface area contributed by atoms with Crippen molar-refractivity contribution in [3.8, 4) is 17.1 Å². The number of nitrogens with zero attached hydrogens (tertiary/aromatic N) is 2. The number of ether oxygens (including phenoxy) is 1. The van der Waals surface area contributed by atoms with Crippen molar-refractivity contribution in [2.75, 3.05) is 12.8 Å². The number of hydrogen-bond acceptors (Lipinski definition) is 4. The standard InChI is InChI=1S/C14H14ClN3O/c1-19-12-7-8(15)5-6-10(12)14-17-11-4-2-3-9(11)13(16)18-14/h5-7H,2-4H2,1H3,(H2,16,17,18). The Bertz CT molecular complexity index is 643. The Morgan fingerprint density at radius 1 is 1.26 bits per heavy atom. The number of nitrogen functional groups attached to an aromatic ring is 1. The highest BCUT2D eigenvalue weighted by Crippen LogP contribution is 2.33. The molecule has 4 nitrogen and oxygen atoms in total. The van der Waals surface area contributed by atoms with Crippen LogP contribution in [0.25, 0.3) is 11.4 Å². The molecule has 1 aliphatic carbocycles. The van der Waals surface area contributed by atoms with E-state index in [1.54, 1.807) is 19.2 Å². The molecule has 98 valence electrons. The average Bonchev–Trinajstić information content (AvgIpc) is 2.87. The maximum absolute atomic E-state index is 6.01. The summed E-state index contributed by atoms with van der Waals surface area (Å²) >= 11 is 5.96. The Morgan fingerprint density at radius 2 is 2.11 bits per heavy atom. The smallest absolute Gasteiger partial charge is 0.165 e. The highest BCUT2D eigenvalue weighted by atomic mass is 35.5. The first-order valence-corrected chi connectivity index (χ1v) is 6.56. The molecular weight excluding hydrogens is 262 g/mol. The van der Waals surface area contributed by atoms with Gasteiger partial charge >= 0.3 is 0 Å². The predicted octanol–water partition coefficient (Wildman–Crippen LogP) is 2.88. The summed E-state index contributed by atoms with van der Waals surface area (Å²) in [4.78, 5) is 9.01. The summed E-state index contributed by atoms with van der Waals surface area (Å²) in [7, 11) is 1.60. The largest absolute Gasteiger partial charge is 0.496 e. The van der Waals surface area contributed by atoms with Gasteiger partial charge in [-0.1, -0.05) is 11.6 Å². The molecule has 0 bridgehead atoms. The zero-order valence-corrected chi connectivity index (χ0v) is 11.4. The van der Waals surface area contributed by atoms with Gasteiger partial charge in [-0.2, -0.15) is 0 Å². The van der Waals surface area contributed by atoms with E-state index in [0.29, 0.717) is 22.4 Å². The lowest BCUT2D eigenvalue weighted by Crippen LogP contribution is -2.03. The van der Waals surface area contributed by atoms with Crippen molar-refractivity contribution < 1.29 is 4.74 Å². The van der Waals surface area contributed by atoms with E-state index in [1.807, 2.05) is 6.07 Å². The lowest BCUT2D eigenvalue weighted by atomic mass is 10.1. The second-order valence-electron chi connectivity index (χ2n) is 4.56. The Kier molecular flexibility index (Phi) is 3.03. The van der Waals surface area contributed by atoms with Gasteiger partial charge in [0.25, 0.3) is 0 Å². The molecule has 0 amide bonds. The summed E-state index contributed by atoms with van der Waals surface area (Å²) < 4.78 is 5.33. The number of methoxy groups -OCH3 is 1. The lowest BCUT2D eigenvalue weighted by Gasteiger charge is -2.10. The zero-order chi connectivity index (χ0) is 13.4. The van der Waals surface area contributed by atoms with Crippen LogP contribution in [-0.4, -0.2) is 17.1 Å². The predicted molar refractivity (Wildman–Crippen MR) is 75.5 cm³/mol. The number of hydrogen-bond donors (Lipinski definition) is 1. The van der Waals surface area contributed by atoms with Gasteiger partial charge in [0.2, 0.25) is 0 Å². The minimum atomic E-state index is 0.578. The van der Waals surface area contributed by atoms with E-state index in [2.05, 4.69) is 9.97 Å². The van der Waals surface area contributed by atoms with Crippen LogP contribution in [0, 0.1) is 0 Å². The van der Waals surface area contributed by atoms with Crippen LogP contribution in [0.2, 0.25) is 5.02 Å². The molecule has 0 radical (unpaired) electrons. The topological polar surface area (TPSA) is 61.0 Å². The number of aromatic nitrogens is 2. The SMILES string of the molecule is COc1cc(Cl)ccc1-c1nc(N)c2c(n1)CCC2. The molecular formula is C14H14ClN3O. The van der Waals surface area contributed by atoms with Crippen molar-refractivity contribution in [1.82, 2.24) is 9.97 Å². The molecule has 0 atom stereocenters. The summed E-state index contributed by atoms with van der Waals surface area (Å²) in [6.45, 7) is 0. The minimum absolute atomic E-state index is 0.578. The van der Waals surface area contributed by atoms with Crippen LogP contribution in [0.4, 0.5) is 5.82 Å². The fraction of sp³-hybridized carbons (Fsp3) is 0.286. The molecule has 1 aromatic heterocycles. The molecule has 1 heterocycles. The maximum Gasteiger partial charge on any atom is 0.165 e. The molecule has 0 unspecified atom stereocenters. The van der Waals surface area contributed by atoms with Crippen molar-refractivity contribution in [2.24, 2.45) is 0 Å². The van der Waals surface area contributed by atoms with Gasteiger partial charge in [0.1, 0.15) is 11.6 Å². The van der Waals surface area contributed by atoms with E-state index in [0.717, 1.165) is 36.1 Å². The number of anilines is 1. The molecule has 1 aromatic carbocycles. The molecule has 5 heteroatoms. The van der Waals surface area contributed by atoms with E-state index in [1.165, 1.54) is 0 Å². The number of aryl methyl sites for hydroxylation is 1. The second-order valence-corrected chi connectivity index (χ2v) is 4.99. The van der Waals surface area contributed by atoms with Gasteiger partial charge in [-0.15, -0.1) is 0 Å². The molecule has 0 saturated carbocycles. The van der Waals surface area contributed by atoms with Crippen LogP contribution in [0.5, 0.6) is 5.75 Å². The van der Waals surface area contributed by atoms with Gasteiger partial charge in [-0.25, -0.2) is 9.97 Å². The van der Waals surface area contributed by atoms with Crippen LogP contribution in [-0.2, 0) is 12.8 Å². The molecule has 0 saturated heterocycles. The van der Waals surface area contributed by atoms with Crippen molar-refractivity contribution >= 4 is 17.4 Å². The van der Waals surface area contributed by atoms with Crippen LogP contribution in [0.3, 0.4) is 0 Å². The Hall–Kier alpha value is -1.81. The van der Waals surface area contributed by atoms with E-state index in [-0.39, 0.29) is 0 Å². The Balaban J connectivity index is 2.15. The van der Waals surface area contributed by atoms with Gasteiger partial charge in [-0.3, -0.25) is 0 Å². The Morgan fingerprint density at radius 3 is 2.89 bits per heavy atom. The van der Waals surface area contributed by atoms with Crippen molar-refractivity contribution in [3.63, 3.8) is 0 Å². The molecule has 3 rings (SSSR count). The fourth-order valence-corrected chi connectivity index (χ4v) is 2.59. The highest BCUT2D eigenvalue weighted by molar-refractivity contribution is 6.30. The molecule has 2 aromatic rings. The third kappa shape index (κ3) is 2.12. The first-order chi connectivity index (χ1) is 9.19. The van der Waals surface area contributed by atoms with Gasteiger partial charge < -0.3 is 10.5 Å². The van der Waals surface area contributed by atoms with E-state index < -0.39 is 0 Å². The van der Waals surface area contributed by atoms with Crippen molar-refractivity contribution in [3.05, 3.63) is 34.5 Å². The maximum atomic E-state index is 6.01. The normalized spacial score (nSPS) is 13.4. The highest BCUT2D eigenvalue weighted by Gasteiger charge is 2.19. The van der Waals surface area contributed by atoms with Gasteiger partial charge in [0, 0.05) is 16.3 Å². The first-order valence-electron chi connectivity index (χ1n) is 6.18. The van der Waals surface area contributed by atoms with Crippen LogP contribution >= 0.6 is 11.6 Å². The van der Waals surface area contributed by atoms with E-state index in [9.17, 15) is 0 Å². The molecule has 19 heavy (non-hydrogen) atoms. The molecule has 0 spiro atoms. The summed E-state index contributed by atoms with van der Waals surface area (Å²) in [5.41, 5.74) is 8.98. The van der Waals surface area contributed by atoms with Gasteiger partial charge in [0.05, 0.1) is 12.7 Å². The van der Waals surface area contributed by atoms with E-state index >= 15 is 0 Å². The number of nitrogens with two attached hydrogens (primary N) is 1. The first kappa shape index (κ1) is 12.2. The molecule has 1 aliphatic rings. The second kappa shape index (κ2) is 4.70. The van der Waals surface area contributed by atoms with Crippen LogP contribution < -0.4 is 10.5 Å². The van der Waals surface area contributed by atoms with Gasteiger partial charge in [-0.05, 0) is 37.5 Å². The number of rotatable bonds is 2. The quantitative estimate of drug-likeness (QED) is 0.915. The molecule has 0 fully saturated rings. The third-order valence-corrected chi connectivity index (χ3v) is 3.60. The Labute approximate surface area is 116 Å². The lowest BCUT2D eigenvalue weighted by molar-refractivity contribution is 0.416. The number of fused-ring (bicyclic) bond motifs is 1. The van der Waals surface area contributed by atoms with E-state index in [4.69, 9.17) is 22.1 Å². The van der Waals surface area contributed by atoms with Crippen LogP contribution in [0.15, 0.2) is 18.2 Å². The average molecular weight is 276 g/mol. The summed E-state index contributed by atoms with van der Waals surface area (Å²) in [6, 6.07) is 5.41. The van der Waals surface area contributed by atoms with Gasteiger partial charge in [0.15, 0.2) is 5.82 Å². The zero-order valence-electron chi connectivity index (χ0n) is 10.6. The fourth-order valence-electron chi connectivity index (χ4n) is 2.43. The number of benzene rings is 1. The molecule has 0 aliphatic heterocycles.